The number of nitrogens with one attached hydrogen (secondary N) is 1. The van der Waals surface area contributed by atoms with Crippen molar-refractivity contribution in [2.75, 3.05) is 25.6 Å². The summed E-state index contributed by atoms with van der Waals surface area (Å²) in [7, 11) is 0.650. The van der Waals surface area contributed by atoms with Crippen molar-refractivity contribution in [3.8, 4) is 11.5 Å². The van der Waals surface area contributed by atoms with E-state index in [2.05, 4.69) is 5.32 Å². The van der Waals surface area contributed by atoms with E-state index in [1.807, 2.05) is 12.1 Å². The molecule has 1 amide bonds. The largest absolute Gasteiger partial charge is 0.493 e. The van der Waals surface area contributed by atoms with Gasteiger partial charge in [-0.25, -0.2) is 8.42 Å². The van der Waals surface area contributed by atoms with Gasteiger partial charge in [0.05, 0.1) is 29.7 Å². The average molecular weight is 517 g/mol. The molecular weight excluding hydrogens is 484 g/mol. The second kappa shape index (κ2) is 10.9. The van der Waals surface area contributed by atoms with Gasteiger partial charge in [-0.3, -0.25) is 9.10 Å². The Hall–Kier alpha value is -2.78. The molecule has 188 valence electrons. The van der Waals surface area contributed by atoms with E-state index < -0.39 is 10.0 Å². The van der Waals surface area contributed by atoms with Crippen LogP contribution in [-0.2, 0) is 10.0 Å². The predicted octanol–water partition coefficient (Wildman–Crippen LogP) is 5.59. The number of fused-ring (bicyclic) bond motifs is 1. The maximum atomic E-state index is 13.3. The van der Waals surface area contributed by atoms with Gasteiger partial charge in [0.1, 0.15) is 0 Å². The van der Waals surface area contributed by atoms with Crippen LogP contribution in [0.2, 0.25) is 0 Å². The highest BCUT2D eigenvalue weighted by atomic mass is 32.2. The van der Waals surface area contributed by atoms with E-state index >= 15 is 0 Å². The molecule has 0 radical (unpaired) electrons. The standard InChI is InChI=1S/C26H32N2O5S2/c1-28(35(30,31)21-12-13-22(32-2)23(17-21)33-3)20-11-14-24-18(15-20)16-25(34-24)26(29)27-19-9-7-5-4-6-8-10-19/h11-17,19H,4-10H2,1-3H3,(H,27,29). The van der Waals surface area contributed by atoms with Gasteiger partial charge in [-0.05, 0) is 54.6 Å². The van der Waals surface area contributed by atoms with Gasteiger partial charge in [0, 0.05) is 23.9 Å². The molecule has 0 saturated heterocycles. The van der Waals surface area contributed by atoms with Gasteiger partial charge in [0.15, 0.2) is 11.5 Å². The summed E-state index contributed by atoms with van der Waals surface area (Å²) in [6, 6.07) is 12.0. The SMILES string of the molecule is COc1ccc(S(=O)(=O)N(C)c2ccc3sc(C(=O)NC4CCCCCCC4)cc3c2)cc1OC. The number of anilines is 1. The normalized spacial score (nSPS) is 15.3. The third-order valence-electron chi connectivity index (χ3n) is 6.54. The van der Waals surface area contributed by atoms with Crippen LogP contribution < -0.4 is 19.1 Å². The van der Waals surface area contributed by atoms with E-state index in [4.69, 9.17) is 9.47 Å². The van der Waals surface area contributed by atoms with E-state index in [1.54, 1.807) is 18.2 Å². The van der Waals surface area contributed by atoms with Crippen molar-refractivity contribution in [1.29, 1.82) is 0 Å². The minimum Gasteiger partial charge on any atom is -0.493 e. The first-order valence-electron chi connectivity index (χ1n) is 11.9. The first-order valence-corrected chi connectivity index (χ1v) is 14.1. The summed E-state index contributed by atoms with van der Waals surface area (Å²) in [5.41, 5.74) is 0.511. The summed E-state index contributed by atoms with van der Waals surface area (Å²) >= 11 is 1.43. The molecule has 2 aromatic carbocycles. The summed E-state index contributed by atoms with van der Waals surface area (Å²) in [5, 5.41) is 4.05. The minimum absolute atomic E-state index is 0.0513. The van der Waals surface area contributed by atoms with E-state index in [1.165, 1.54) is 68.3 Å². The molecule has 0 atom stereocenters. The van der Waals surface area contributed by atoms with Crippen molar-refractivity contribution >= 4 is 43.0 Å². The van der Waals surface area contributed by atoms with Crippen LogP contribution >= 0.6 is 11.3 Å². The Morgan fingerprint density at radius 2 is 1.63 bits per heavy atom. The molecular formula is C26H32N2O5S2. The molecule has 1 aliphatic carbocycles. The van der Waals surface area contributed by atoms with Crippen LogP contribution in [0.1, 0.15) is 54.6 Å². The van der Waals surface area contributed by atoms with Crippen molar-refractivity contribution in [3.63, 3.8) is 0 Å². The van der Waals surface area contributed by atoms with E-state index in [0.717, 1.165) is 35.8 Å². The molecule has 1 fully saturated rings. The van der Waals surface area contributed by atoms with E-state index in [9.17, 15) is 13.2 Å². The number of nitrogens with zero attached hydrogens (tertiary/aromatic N) is 1. The van der Waals surface area contributed by atoms with Crippen molar-refractivity contribution in [1.82, 2.24) is 5.32 Å². The van der Waals surface area contributed by atoms with Crippen molar-refractivity contribution in [2.24, 2.45) is 0 Å². The molecule has 3 aromatic rings. The van der Waals surface area contributed by atoms with Crippen LogP contribution in [0, 0.1) is 0 Å². The molecule has 1 saturated carbocycles. The zero-order valence-electron chi connectivity index (χ0n) is 20.4. The number of thiophene rings is 1. The summed E-state index contributed by atoms with van der Waals surface area (Å²) in [6.45, 7) is 0. The van der Waals surface area contributed by atoms with Gasteiger partial charge in [0.25, 0.3) is 15.9 Å². The fourth-order valence-electron chi connectivity index (χ4n) is 4.47. The number of amides is 1. The first-order chi connectivity index (χ1) is 16.8. The van der Waals surface area contributed by atoms with Crippen LogP contribution in [0.4, 0.5) is 5.69 Å². The van der Waals surface area contributed by atoms with Crippen LogP contribution in [0.25, 0.3) is 10.1 Å². The quantitative estimate of drug-likeness (QED) is 0.443. The highest BCUT2D eigenvalue weighted by Crippen LogP contribution is 2.34. The van der Waals surface area contributed by atoms with Crippen LogP contribution in [0.5, 0.6) is 11.5 Å². The Labute approximate surface area is 211 Å². The summed E-state index contributed by atoms with van der Waals surface area (Å²) < 4.78 is 39.2. The van der Waals surface area contributed by atoms with Crippen LogP contribution in [-0.4, -0.2) is 41.6 Å². The first kappa shape index (κ1) is 25.3. The number of methoxy groups -OCH3 is 2. The number of hydrogen-bond acceptors (Lipinski definition) is 6. The maximum absolute atomic E-state index is 13.3. The smallest absolute Gasteiger partial charge is 0.264 e. The van der Waals surface area contributed by atoms with Gasteiger partial charge >= 0.3 is 0 Å². The second-order valence-corrected chi connectivity index (χ2v) is 11.9. The van der Waals surface area contributed by atoms with Crippen molar-refractivity contribution in [2.45, 2.75) is 55.9 Å². The Morgan fingerprint density at radius 1 is 0.943 bits per heavy atom. The Morgan fingerprint density at radius 3 is 2.31 bits per heavy atom. The molecule has 0 bridgehead atoms. The molecule has 1 aromatic heterocycles. The van der Waals surface area contributed by atoms with Crippen LogP contribution in [0.15, 0.2) is 47.4 Å². The summed E-state index contributed by atoms with van der Waals surface area (Å²) in [6.07, 6.45) is 8.12. The summed E-state index contributed by atoms with van der Waals surface area (Å²) in [4.78, 5) is 13.7. The summed E-state index contributed by atoms with van der Waals surface area (Å²) in [5.74, 6) is 0.749. The molecule has 35 heavy (non-hydrogen) atoms. The number of rotatable bonds is 7. The molecule has 1 aliphatic rings. The Balaban J connectivity index is 1.55. The van der Waals surface area contributed by atoms with Gasteiger partial charge < -0.3 is 14.8 Å². The maximum Gasteiger partial charge on any atom is 0.264 e. The fraction of sp³-hybridized carbons (Fsp3) is 0.423. The lowest BCUT2D eigenvalue weighted by atomic mass is 9.97. The zero-order chi connectivity index (χ0) is 25.0. The molecule has 0 unspecified atom stereocenters. The number of carbonyl (C=O) groups excluding carboxylic acids is 1. The number of hydrogen-bond donors (Lipinski definition) is 1. The van der Waals surface area contributed by atoms with Gasteiger partial charge in [-0.15, -0.1) is 11.3 Å². The van der Waals surface area contributed by atoms with E-state index in [0.29, 0.717) is 22.1 Å². The lowest BCUT2D eigenvalue weighted by Crippen LogP contribution is -2.34. The highest BCUT2D eigenvalue weighted by molar-refractivity contribution is 7.92. The van der Waals surface area contributed by atoms with Crippen molar-refractivity contribution in [3.05, 3.63) is 47.3 Å². The fourth-order valence-corrected chi connectivity index (χ4v) is 6.62. The molecule has 0 spiro atoms. The number of benzene rings is 2. The molecule has 4 rings (SSSR count). The number of sulfonamides is 1. The lowest BCUT2D eigenvalue weighted by Gasteiger charge is -2.20. The van der Waals surface area contributed by atoms with E-state index in [-0.39, 0.29) is 16.8 Å². The topological polar surface area (TPSA) is 84.9 Å². The predicted molar refractivity (Wildman–Crippen MR) is 141 cm³/mol. The number of ether oxygens (including phenoxy) is 2. The molecule has 1 heterocycles. The van der Waals surface area contributed by atoms with Gasteiger partial charge in [-0.2, -0.15) is 0 Å². The highest BCUT2D eigenvalue weighted by Gasteiger charge is 2.24. The van der Waals surface area contributed by atoms with Gasteiger partial charge in [-0.1, -0.05) is 32.1 Å². The third-order valence-corrected chi connectivity index (χ3v) is 9.44. The second-order valence-electron chi connectivity index (χ2n) is 8.84. The molecule has 9 heteroatoms. The lowest BCUT2D eigenvalue weighted by molar-refractivity contribution is 0.0934. The molecule has 1 N–H and O–H groups in total. The zero-order valence-corrected chi connectivity index (χ0v) is 22.0. The molecule has 7 nitrogen and oxygen atoms in total. The van der Waals surface area contributed by atoms with Crippen molar-refractivity contribution < 1.29 is 22.7 Å². The van der Waals surface area contributed by atoms with Gasteiger partial charge in [0.2, 0.25) is 0 Å². The minimum atomic E-state index is -3.83. The van der Waals surface area contributed by atoms with Crippen LogP contribution in [0.3, 0.4) is 0 Å². The number of carbonyl (C=O) groups is 1. The Kier molecular flexibility index (Phi) is 7.86. The monoisotopic (exact) mass is 516 g/mol. The molecule has 0 aliphatic heterocycles. The third kappa shape index (κ3) is 5.56. The average Bonchev–Trinajstić information content (AvgIpc) is 3.28. The Bertz CT molecular complexity index is 1290.